The van der Waals surface area contributed by atoms with E-state index in [1.54, 1.807) is 0 Å². The first-order valence-electron chi connectivity index (χ1n) is 7.27. The Labute approximate surface area is 101 Å². The third-order valence-corrected chi connectivity index (χ3v) is 4.32. The monoisotopic (exact) mass is 224 g/mol. The minimum absolute atomic E-state index is 0.778. The van der Waals surface area contributed by atoms with Crippen LogP contribution in [0.4, 0.5) is 0 Å². The summed E-state index contributed by atoms with van der Waals surface area (Å²) in [4.78, 5) is 2.71. The largest absolute Gasteiger partial charge is 0.314 e. The summed E-state index contributed by atoms with van der Waals surface area (Å²) in [5.41, 5.74) is 0. The van der Waals surface area contributed by atoms with Crippen LogP contribution in [0.3, 0.4) is 0 Å². The minimum atomic E-state index is 0.778. The Morgan fingerprint density at radius 1 is 1.31 bits per heavy atom. The minimum Gasteiger partial charge on any atom is -0.314 e. The summed E-state index contributed by atoms with van der Waals surface area (Å²) in [7, 11) is 0. The first kappa shape index (κ1) is 12.4. The smallest absolute Gasteiger partial charge is 0.00791 e. The van der Waals surface area contributed by atoms with Crippen molar-refractivity contribution in [1.82, 2.24) is 10.2 Å². The van der Waals surface area contributed by atoms with Gasteiger partial charge in [-0.25, -0.2) is 0 Å². The summed E-state index contributed by atoms with van der Waals surface area (Å²) >= 11 is 0. The molecule has 1 heterocycles. The number of nitrogens with zero attached hydrogens (tertiary/aromatic N) is 1. The molecule has 0 bridgehead atoms. The van der Waals surface area contributed by atoms with Gasteiger partial charge in [-0.1, -0.05) is 13.3 Å². The Morgan fingerprint density at radius 2 is 2.12 bits per heavy atom. The number of hydrogen-bond acceptors (Lipinski definition) is 2. The molecule has 2 aliphatic rings. The van der Waals surface area contributed by atoms with E-state index in [2.05, 4.69) is 24.1 Å². The van der Waals surface area contributed by atoms with Crippen molar-refractivity contribution in [3.8, 4) is 0 Å². The van der Waals surface area contributed by atoms with Crippen LogP contribution >= 0.6 is 0 Å². The van der Waals surface area contributed by atoms with Crippen LogP contribution in [0.25, 0.3) is 0 Å². The predicted octanol–water partition coefficient (Wildman–Crippen LogP) is 2.64. The third-order valence-electron chi connectivity index (χ3n) is 4.32. The summed E-state index contributed by atoms with van der Waals surface area (Å²) in [6.07, 6.45) is 8.39. The van der Waals surface area contributed by atoms with Gasteiger partial charge in [0.05, 0.1) is 0 Å². The van der Waals surface area contributed by atoms with Crippen molar-refractivity contribution in [2.75, 3.05) is 19.6 Å². The molecular formula is C14H28N2. The van der Waals surface area contributed by atoms with E-state index in [0.717, 1.165) is 18.0 Å². The molecule has 2 heteroatoms. The molecular weight excluding hydrogens is 196 g/mol. The normalized spacial score (nSPS) is 29.2. The van der Waals surface area contributed by atoms with Crippen LogP contribution in [0.2, 0.25) is 0 Å². The molecule has 0 amide bonds. The maximum absolute atomic E-state index is 3.63. The molecule has 0 aromatic carbocycles. The first-order valence-corrected chi connectivity index (χ1v) is 7.27. The van der Waals surface area contributed by atoms with E-state index in [4.69, 9.17) is 0 Å². The first-order chi connectivity index (χ1) is 7.79. The molecule has 2 fully saturated rings. The standard InChI is InChI=1S/C14H28N2/c1-3-13-5-4-10-16(11-13)12(2)8-9-15-14-6-7-14/h12-15H,3-11H2,1-2H3. The summed E-state index contributed by atoms with van der Waals surface area (Å²) in [6.45, 7) is 8.65. The van der Waals surface area contributed by atoms with Gasteiger partial charge in [0.15, 0.2) is 0 Å². The molecule has 2 unspecified atom stereocenters. The lowest BCUT2D eigenvalue weighted by molar-refractivity contribution is 0.124. The van der Waals surface area contributed by atoms with E-state index in [9.17, 15) is 0 Å². The summed E-state index contributed by atoms with van der Waals surface area (Å²) in [5.74, 6) is 0.965. The molecule has 16 heavy (non-hydrogen) atoms. The van der Waals surface area contributed by atoms with Crippen LogP contribution in [0.1, 0.15) is 52.4 Å². The molecule has 2 nitrogen and oxygen atoms in total. The number of rotatable bonds is 6. The second-order valence-electron chi connectivity index (χ2n) is 5.78. The molecule has 94 valence electrons. The fraction of sp³-hybridized carbons (Fsp3) is 1.00. The lowest BCUT2D eigenvalue weighted by Gasteiger charge is -2.36. The fourth-order valence-electron chi connectivity index (χ4n) is 2.80. The maximum Gasteiger partial charge on any atom is 0.00791 e. The Hall–Kier alpha value is -0.0800. The van der Waals surface area contributed by atoms with Gasteiger partial charge < -0.3 is 10.2 Å². The van der Waals surface area contributed by atoms with Crippen LogP contribution in [0.15, 0.2) is 0 Å². The van der Waals surface area contributed by atoms with Gasteiger partial charge in [-0.2, -0.15) is 0 Å². The van der Waals surface area contributed by atoms with E-state index in [1.807, 2.05) is 0 Å². The van der Waals surface area contributed by atoms with Crippen molar-refractivity contribution < 1.29 is 0 Å². The van der Waals surface area contributed by atoms with Crippen molar-refractivity contribution in [2.24, 2.45) is 5.92 Å². The molecule has 1 saturated heterocycles. The van der Waals surface area contributed by atoms with Gasteiger partial charge in [-0.15, -0.1) is 0 Å². The zero-order valence-corrected chi connectivity index (χ0v) is 11.0. The highest BCUT2D eigenvalue weighted by atomic mass is 15.2. The highest BCUT2D eigenvalue weighted by Crippen LogP contribution is 2.22. The van der Waals surface area contributed by atoms with Crippen LogP contribution in [-0.2, 0) is 0 Å². The van der Waals surface area contributed by atoms with Crippen molar-refractivity contribution >= 4 is 0 Å². The van der Waals surface area contributed by atoms with Crippen LogP contribution in [0, 0.1) is 5.92 Å². The summed E-state index contributed by atoms with van der Waals surface area (Å²) in [6, 6.07) is 1.65. The van der Waals surface area contributed by atoms with Gasteiger partial charge in [0, 0.05) is 18.6 Å². The summed E-state index contributed by atoms with van der Waals surface area (Å²) in [5, 5.41) is 3.63. The van der Waals surface area contributed by atoms with Crippen LogP contribution < -0.4 is 5.32 Å². The van der Waals surface area contributed by atoms with E-state index in [1.165, 1.54) is 58.2 Å². The molecule has 0 spiro atoms. The van der Waals surface area contributed by atoms with Crippen molar-refractivity contribution in [1.29, 1.82) is 0 Å². The second kappa shape index (κ2) is 6.02. The molecule has 1 N–H and O–H groups in total. The lowest BCUT2D eigenvalue weighted by Crippen LogP contribution is -2.42. The molecule has 2 rings (SSSR count). The molecule has 0 radical (unpaired) electrons. The Kier molecular flexibility index (Phi) is 4.66. The predicted molar refractivity (Wildman–Crippen MR) is 69.7 cm³/mol. The van der Waals surface area contributed by atoms with Crippen LogP contribution in [-0.4, -0.2) is 36.6 Å². The molecule has 1 aliphatic carbocycles. The molecule has 2 atom stereocenters. The average molecular weight is 224 g/mol. The van der Waals surface area contributed by atoms with E-state index >= 15 is 0 Å². The van der Waals surface area contributed by atoms with Gasteiger partial charge in [0.2, 0.25) is 0 Å². The van der Waals surface area contributed by atoms with E-state index in [-0.39, 0.29) is 0 Å². The fourth-order valence-corrected chi connectivity index (χ4v) is 2.80. The summed E-state index contributed by atoms with van der Waals surface area (Å²) < 4.78 is 0. The van der Waals surface area contributed by atoms with Crippen molar-refractivity contribution in [3.05, 3.63) is 0 Å². The van der Waals surface area contributed by atoms with Crippen LogP contribution in [0.5, 0.6) is 0 Å². The second-order valence-corrected chi connectivity index (χ2v) is 5.78. The van der Waals surface area contributed by atoms with Crippen molar-refractivity contribution in [3.63, 3.8) is 0 Å². The average Bonchev–Trinajstić information content (AvgIpc) is 3.13. The number of piperidine rings is 1. The quantitative estimate of drug-likeness (QED) is 0.746. The highest BCUT2D eigenvalue weighted by Gasteiger charge is 2.23. The number of nitrogens with one attached hydrogen (secondary N) is 1. The third kappa shape index (κ3) is 3.74. The zero-order chi connectivity index (χ0) is 11.4. The van der Waals surface area contributed by atoms with Gasteiger partial charge in [0.1, 0.15) is 0 Å². The molecule has 1 aliphatic heterocycles. The maximum atomic E-state index is 3.63. The van der Waals surface area contributed by atoms with Gasteiger partial charge in [0.25, 0.3) is 0 Å². The highest BCUT2D eigenvalue weighted by molar-refractivity contribution is 4.82. The Bertz CT molecular complexity index is 201. The Morgan fingerprint density at radius 3 is 2.81 bits per heavy atom. The lowest BCUT2D eigenvalue weighted by atomic mass is 9.94. The molecule has 0 aromatic rings. The number of hydrogen-bond donors (Lipinski definition) is 1. The van der Waals surface area contributed by atoms with Crippen molar-refractivity contribution in [2.45, 2.75) is 64.5 Å². The molecule has 0 aromatic heterocycles. The van der Waals surface area contributed by atoms with Gasteiger partial charge in [-0.3, -0.25) is 0 Å². The topological polar surface area (TPSA) is 15.3 Å². The van der Waals surface area contributed by atoms with Gasteiger partial charge in [-0.05, 0) is 58.0 Å². The number of likely N-dealkylation sites (tertiary alicyclic amines) is 1. The van der Waals surface area contributed by atoms with E-state index < -0.39 is 0 Å². The van der Waals surface area contributed by atoms with Gasteiger partial charge >= 0.3 is 0 Å². The zero-order valence-electron chi connectivity index (χ0n) is 11.0. The molecule has 1 saturated carbocycles. The Balaban J connectivity index is 1.64. The SMILES string of the molecule is CCC1CCCN(C(C)CCNC2CC2)C1. The van der Waals surface area contributed by atoms with E-state index in [0.29, 0.717) is 0 Å².